The van der Waals surface area contributed by atoms with Gasteiger partial charge in [0.2, 0.25) is 5.91 Å². The summed E-state index contributed by atoms with van der Waals surface area (Å²) in [4.78, 5) is 15.1. The first-order valence-corrected chi connectivity index (χ1v) is 9.63. The molecule has 3 aromatic rings. The van der Waals surface area contributed by atoms with E-state index in [1.165, 1.54) is 0 Å². The molecule has 0 aliphatic rings. The van der Waals surface area contributed by atoms with Gasteiger partial charge < -0.3 is 14.4 Å². The Kier molecular flexibility index (Phi) is 7.03. The summed E-state index contributed by atoms with van der Waals surface area (Å²) in [5.41, 5.74) is 3.86. The number of ether oxygens (including phenoxy) is 2. The molecule has 0 bridgehead atoms. The lowest BCUT2D eigenvalue weighted by molar-refractivity contribution is -0.120. The molecule has 0 radical (unpaired) electrons. The molecule has 1 unspecified atom stereocenters. The highest BCUT2D eigenvalue weighted by Gasteiger charge is 2.25. The highest BCUT2D eigenvalue weighted by molar-refractivity contribution is 5.97. The van der Waals surface area contributed by atoms with Gasteiger partial charge in [-0.3, -0.25) is 9.89 Å². The van der Waals surface area contributed by atoms with Crippen molar-refractivity contribution in [3.8, 4) is 16.9 Å². The highest BCUT2D eigenvalue weighted by Crippen LogP contribution is 2.29. The average Bonchev–Trinajstić information content (AvgIpc) is 3.31. The van der Waals surface area contributed by atoms with Gasteiger partial charge in [-0.25, -0.2) is 0 Å². The molecule has 152 valence electrons. The molecule has 0 spiro atoms. The largest absolute Gasteiger partial charge is 0.497 e. The van der Waals surface area contributed by atoms with Crippen LogP contribution in [-0.2, 0) is 9.53 Å². The summed E-state index contributed by atoms with van der Waals surface area (Å²) < 4.78 is 10.5. The number of anilines is 1. The number of hydrogen-bond acceptors (Lipinski definition) is 4. The fourth-order valence-electron chi connectivity index (χ4n) is 3.37. The van der Waals surface area contributed by atoms with Gasteiger partial charge in [-0.05, 0) is 48.2 Å². The maximum absolute atomic E-state index is 13.4. The van der Waals surface area contributed by atoms with Crippen LogP contribution in [0.5, 0.6) is 5.75 Å². The number of carbonyl (C=O) groups is 1. The van der Waals surface area contributed by atoms with Crippen LogP contribution in [0, 0.1) is 0 Å². The summed E-state index contributed by atoms with van der Waals surface area (Å²) >= 11 is 0. The van der Waals surface area contributed by atoms with Crippen LogP contribution in [0.2, 0.25) is 0 Å². The summed E-state index contributed by atoms with van der Waals surface area (Å²) in [5, 5.41) is 6.80. The van der Waals surface area contributed by atoms with Crippen molar-refractivity contribution in [1.82, 2.24) is 10.2 Å². The minimum Gasteiger partial charge on any atom is -0.497 e. The monoisotopic (exact) mass is 393 g/mol. The predicted molar refractivity (Wildman–Crippen MR) is 114 cm³/mol. The van der Waals surface area contributed by atoms with Crippen molar-refractivity contribution < 1.29 is 14.3 Å². The lowest BCUT2D eigenvalue weighted by Crippen LogP contribution is -2.32. The first-order chi connectivity index (χ1) is 14.1. The highest BCUT2D eigenvalue weighted by atomic mass is 16.5. The first kappa shape index (κ1) is 20.6. The molecule has 1 N–H and O–H groups in total. The number of likely N-dealkylation sites (N-methyl/N-ethyl adjacent to an activating group) is 1. The molecule has 2 aromatic carbocycles. The lowest BCUT2D eigenvalue weighted by Gasteiger charge is -2.25. The van der Waals surface area contributed by atoms with Gasteiger partial charge in [0.05, 0.1) is 19.2 Å². The Balaban J connectivity index is 1.81. The van der Waals surface area contributed by atoms with Crippen LogP contribution in [0.3, 0.4) is 0 Å². The van der Waals surface area contributed by atoms with E-state index >= 15 is 0 Å². The van der Waals surface area contributed by atoms with Crippen LogP contribution >= 0.6 is 0 Å². The van der Waals surface area contributed by atoms with Crippen molar-refractivity contribution >= 4 is 11.6 Å². The fraction of sp³-hybridized carbons (Fsp3) is 0.304. The van der Waals surface area contributed by atoms with Crippen molar-refractivity contribution in [1.29, 1.82) is 0 Å². The third-order valence-electron chi connectivity index (χ3n) is 5.05. The number of nitrogens with one attached hydrogen (secondary N) is 1. The van der Waals surface area contributed by atoms with Crippen molar-refractivity contribution in [3.05, 3.63) is 66.5 Å². The van der Waals surface area contributed by atoms with Gasteiger partial charge in [0.1, 0.15) is 5.75 Å². The topological polar surface area (TPSA) is 67.5 Å². The predicted octanol–water partition coefficient (Wildman–Crippen LogP) is 4.26. The first-order valence-electron chi connectivity index (χ1n) is 9.63. The molecule has 0 fully saturated rings. The Bertz CT molecular complexity index is 907. The second-order valence-electron chi connectivity index (χ2n) is 6.90. The molecule has 1 heterocycles. The summed E-state index contributed by atoms with van der Waals surface area (Å²) in [6, 6.07) is 15.6. The number of benzene rings is 2. The zero-order valence-electron chi connectivity index (χ0n) is 17.1. The molecule has 1 atom stereocenters. The van der Waals surface area contributed by atoms with E-state index in [4.69, 9.17) is 9.47 Å². The van der Waals surface area contributed by atoms with Crippen LogP contribution in [0.25, 0.3) is 11.1 Å². The summed E-state index contributed by atoms with van der Waals surface area (Å²) in [5.74, 6) is 0.531. The van der Waals surface area contributed by atoms with Crippen LogP contribution in [0.1, 0.15) is 24.3 Å². The molecule has 6 heteroatoms. The minimum absolute atomic E-state index is 0.0467. The van der Waals surface area contributed by atoms with Gasteiger partial charge in [0.15, 0.2) is 0 Å². The molecular weight excluding hydrogens is 366 g/mol. The van der Waals surface area contributed by atoms with E-state index < -0.39 is 0 Å². The second kappa shape index (κ2) is 9.89. The Labute approximate surface area is 171 Å². The van der Waals surface area contributed by atoms with Gasteiger partial charge in [0.25, 0.3) is 0 Å². The number of carbonyl (C=O) groups excluding carboxylic acids is 1. The standard InChI is InChI=1S/C23H27N3O3/c1-26(20-11-9-17(10-12-20)19-15-24-25-16-19)23(27)22(8-5-13-28-2)18-6-4-7-21(14-18)29-3/h4,6-7,9-12,14-16,22H,5,8,13H2,1-3H3,(H,24,25). The summed E-state index contributed by atoms with van der Waals surface area (Å²) in [6.45, 7) is 0.622. The molecule has 0 aliphatic carbocycles. The van der Waals surface area contributed by atoms with Gasteiger partial charge in [-0.2, -0.15) is 5.10 Å². The molecule has 3 rings (SSSR count). The average molecular weight is 393 g/mol. The van der Waals surface area contributed by atoms with Crippen LogP contribution in [0.4, 0.5) is 5.69 Å². The van der Waals surface area contributed by atoms with Crippen molar-refractivity contribution in [2.45, 2.75) is 18.8 Å². The number of nitrogens with zero attached hydrogens (tertiary/aromatic N) is 2. The van der Waals surface area contributed by atoms with Crippen molar-refractivity contribution in [3.63, 3.8) is 0 Å². The summed E-state index contributed by atoms with van der Waals surface area (Å²) in [6.07, 6.45) is 5.13. The van der Waals surface area contributed by atoms with Gasteiger partial charge in [-0.15, -0.1) is 0 Å². The number of hydrogen-bond donors (Lipinski definition) is 1. The van der Waals surface area contributed by atoms with Crippen LogP contribution < -0.4 is 9.64 Å². The molecule has 0 saturated heterocycles. The third-order valence-corrected chi connectivity index (χ3v) is 5.05. The van der Waals surface area contributed by atoms with Crippen LogP contribution in [-0.4, -0.2) is 44.0 Å². The molecule has 1 aromatic heterocycles. The van der Waals surface area contributed by atoms with Gasteiger partial charge in [0, 0.05) is 38.2 Å². The zero-order valence-corrected chi connectivity index (χ0v) is 17.1. The SMILES string of the molecule is COCCCC(C(=O)N(C)c1ccc(-c2cn[nH]c2)cc1)c1cccc(OC)c1. The molecule has 29 heavy (non-hydrogen) atoms. The number of amides is 1. The van der Waals surface area contributed by atoms with E-state index in [1.807, 2.05) is 61.8 Å². The number of rotatable bonds is 9. The molecular formula is C23H27N3O3. The number of methoxy groups -OCH3 is 2. The lowest BCUT2D eigenvalue weighted by atomic mass is 9.92. The molecule has 0 aliphatic heterocycles. The minimum atomic E-state index is -0.265. The van der Waals surface area contributed by atoms with E-state index in [2.05, 4.69) is 10.2 Å². The normalized spacial score (nSPS) is 11.8. The number of H-pyrrole nitrogens is 1. The smallest absolute Gasteiger partial charge is 0.234 e. The Morgan fingerprint density at radius 1 is 1.14 bits per heavy atom. The zero-order chi connectivity index (χ0) is 20.6. The van der Waals surface area contributed by atoms with Crippen molar-refractivity contribution in [2.24, 2.45) is 0 Å². The Hall–Kier alpha value is -3.12. The Morgan fingerprint density at radius 3 is 2.59 bits per heavy atom. The van der Waals surface area contributed by atoms with E-state index in [1.54, 1.807) is 25.3 Å². The van der Waals surface area contributed by atoms with Gasteiger partial charge in [-0.1, -0.05) is 24.3 Å². The second-order valence-corrected chi connectivity index (χ2v) is 6.90. The summed E-state index contributed by atoms with van der Waals surface area (Å²) in [7, 11) is 5.13. The molecule has 1 amide bonds. The van der Waals surface area contributed by atoms with E-state index in [0.29, 0.717) is 13.0 Å². The molecule has 6 nitrogen and oxygen atoms in total. The Morgan fingerprint density at radius 2 is 1.93 bits per heavy atom. The molecule has 0 saturated carbocycles. The quantitative estimate of drug-likeness (QED) is 0.552. The van der Waals surface area contributed by atoms with E-state index in [9.17, 15) is 4.79 Å². The number of aromatic amines is 1. The fourth-order valence-corrected chi connectivity index (χ4v) is 3.37. The van der Waals surface area contributed by atoms with Crippen LogP contribution in [0.15, 0.2) is 60.9 Å². The van der Waals surface area contributed by atoms with Gasteiger partial charge >= 0.3 is 0 Å². The third kappa shape index (κ3) is 5.03. The van der Waals surface area contributed by atoms with E-state index in [0.717, 1.165) is 34.5 Å². The number of aromatic nitrogens is 2. The van der Waals surface area contributed by atoms with E-state index in [-0.39, 0.29) is 11.8 Å². The maximum Gasteiger partial charge on any atom is 0.234 e. The van der Waals surface area contributed by atoms with Crippen molar-refractivity contribution in [2.75, 3.05) is 32.8 Å². The maximum atomic E-state index is 13.4.